The number of nitrogens with one attached hydrogen (secondary N) is 2. The Hall–Kier alpha value is -0.960. The van der Waals surface area contributed by atoms with Crippen LogP contribution in [0, 0.1) is 5.92 Å². The van der Waals surface area contributed by atoms with Gasteiger partial charge in [0.2, 0.25) is 5.91 Å². The van der Waals surface area contributed by atoms with Gasteiger partial charge in [0.1, 0.15) is 4.21 Å². The minimum atomic E-state index is -3.33. The van der Waals surface area contributed by atoms with Crippen LogP contribution >= 0.6 is 11.3 Å². The van der Waals surface area contributed by atoms with Crippen LogP contribution in [0.15, 0.2) is 16.3 Å². The van der Waals surface area contributed by atoms with Crippen LogP contribution in [-0.4, -0.2) is 51.4 Å². The molecule has 0 aromatic carbocycles. The molecule has 8 heteroatoms. The van der Waals surface area contributed by atoms with Gasteiger partial charge >= 0.3 is 0 Å². The van der Waals surface area contributed by atoms with Crippen LogP contribution < -0.4 is 10.6 Å². The van der Waals surface area contributed by atoms with E-state index >= 15 is 0 Å². The average molecular weight is 358 g/mol. The molecule has 2 aliphatic rings. The number of thiophene rings is 1. The lowest BCUT2D eigenvalue weighted by molar-refractivity contribution is -0.126. The summed E-state index contributed by atoms with van der Waals surface area (Å²) >= 11 is 1.32. The first-order chi connectivity index (χ1) is 11.1. The number of sulfonamides is 1. The largest absolute Gasteiger partial charge is 0.355 e. The normalized spacial score (nSPS) is 20.2. The van der Waals surface area contributed by atoms with E-state index in [9.17, 15) is 13.2 Å². The summed E-state index contributed by atoms with van der Waals surface area (Å²) in [5.74, 6) is 0.176. The molecule has 0 bridgehead atoms. The molecular formula is C15H23N3O3S2. The molecule has 6 nitrogen and oxygen atoms in total. The molecule has 0 radical (unpaired) electrons. The number of carbonyl (C=O) groups excluding carboxylic acids is 1. The van der Waals surface area contributed by atoms with Crippen LogP contribution in [0.5, 0.6) is 0 Å². The number of hydrogen-bond acceptors (Lipinski definition) is 5. The van der Waals surface area contributed by atoms with Gasteiger partial charge in [-0.3, -0.25) is 4.79 Å². The third-order valence-corrected chi connectivity index (χ3v) is 7.88. The van der Waals surface area contributed by atoms with E-state index < -0.39 is 10.0 Å². The molecule has 2 saturated heterocycles. The van der Waals surface area contributed by atoms with Crippen molar-refractivity contribution in [1.29, 1.82) is 0 Å². The minimum Gasteiger partial charge on any atom is -0.355 e. The predicted molar refractivity (Wildman–Crippen MR) is 90.0 cm³/mol. The lowest BCUT2D eigenvalue weighted by Crippen LogP contribution is -2.51. The average Bonchev–Trinajstić information content (AvgIpc) is 2.96. The highest BCUT2D eigenvalue weighted by Gasteiger charge is 2.27. The number of hydrogen-bond donors (Lipinski definition) is 2. The summed E-state index contributed by atoms with van der Waals surface area (Å²) in [6, 6.07) is 3.56. The molecule has 0 spiro atoms. The Kier molecular flexibility index (Phi) is 5.35. The fraction of sp³-hybridized carbons (Fsp3) is 0.667. The van der Waals surface area contributed by atoms with E-state index in [1.807, 2.05) is 6.07 Å². The van der Waals surface area contributed by atoms with E-state index in [2.05, 4.69) is 10.6 Å². The smallest absolute Gasteiger partial charge is 0.252 e. The van der Waals surface area contributed by atoms with E-state index in [0.29, 0.717) is 30.3 Å². The zero-order valence-corrected chi connectivity index (χ0v) is 14.7. The van der Waals surface area contributed by atoms with Crippen molar-refractivity contribution < 1.29 is 13.2 Å². The van der Waals surface area contributed by atoms with Crippen molar-refractivity contribution in [2.45, 2.75) is 29.9 Å². The summed E-state index contributed by atoms with van der Waals surface area (Å²) in [4.78, 5) is 12.7. The zero-order valence-electron chi connectivity index (χ0n) is 13.1. The fourth-order valence-corrected chi connectivity index (χ4v) is 5.82. The van der Waals surface area contributed by atoms with E-state index in [0.717, 1.165) is 37.2 Å². The molecule has 1 aromatic rings. The Labute approximate surface area is 141 Å². The van der Waals surface area contributed by atoms with Crippen molar-refractivity contribution in [3.05, 3.63) is 17.0 Å². The minimum absolute atomic E-state index is 0.0847. The van der Waals surface area contributed by atoms with Gasteiger partial charge in [-0.1, -0.05) is 6.42 Å². The molecule has 3 heterocycles. The summed E-state index contributed by atoms with van der Waals surface area (Å²) in [5, 5.41) is 5.98. The van der Waals surface area contributed by atoms with Crippen molar-refractivity contribution >= 4 is 27.3 Å². The van der Waals surface area contributed by atoms with Crippen LogP contribution in [-0.2, 0) is 21.2 Å². The predicted octanol–water partition coefficient (Wildman–Crippen LogP) is 0.801. The molecule has 2 aliphatic heterocycles. The number of nitrogens with zero attached hydrogens (tertiary/aromatic N) is 1. The molecule has 2 fully saturated rings. The van der Waals surface area contributed by atoms with Gasteiger partial charge in [-0.2, -0.15) is 4.31 Å². The van der Waals surface area contributed by atoms with Crippen LogP contribution in [0.25, 0.3) is 0 Å². The Morgan fingerprint density at radius 2 is 2.00 bits per heavy atom. The first-order valence-corrected chi connectivity index (χ1v) is 10.4. The van der Waals surface area contributed by atoms with Gasteiger partial charge in [0.05, 0.1) is 5.92 Å². The zero-order chi connectivity index (χ0) is 16.3. The summed E-state index contributed by atoms with van der Waals surface area (Å²) in [7, 11) is -3.33. The molecule has 2 N–H and O–H groups in total. The first kappa shape index (κ1) is 16.9. The maximum atomic E-state index is 12.6. The van der Waals surface area contributed by atoms with E-state index in [1.165, 1.54) is 11.3 Å². The second-order valence-corrected chi connectivity index (χ2v) is 9.41. The van der Waals surface area contributed by atoms with Crippen LogP contribution in [0.4, 0.5) is 0 Å². The monoisotopic (exact) mass is 357 g/mol. The lowest BCUT2D eigenvalue weighted by Gasteiger charge is -2.25. The van der Waals surface area contributed by atoms with Crippen molar-refractivity contribution in [3.63, 3.8) is 0 Å². The van der Waals surface area contributed by atoms with E-state index in [4.69, 9.17) is 0 Å². The topological polar surface area (TPSA) is 78.5 Å². The maximum absolute atomic E-state index is 12.6. The van der Waals surface area contributed by atoms with Crippen LogP contribution in [0.1, 0.15) is 24.1 Å². The van der Waals surface area contributed by atoms with E-state index in [1.54, 1.807) is 10.4 Å². The summed E-state index contributed by atoms with van der Waals surface area (Å²) < 4.78 is 27.2. The van der Waals surface area contributed by atoms with Gasteiger partial charge in [-0.05, 0) is 31.4 Å². The highest BCUT2D eigenvalue weighted by atomic mass is 32.2. The molecule has 23 heavy (non-hydrogen) atoms. The third kappa shape index (κ3) is 3.93. The first-order valence-electron chi connectivity index (χ1n) is 8.14. The van der Waals surface area contributed by atoms with Gasteiger partial charge in [0, 0.05) is 37.6 Å². The molecule has 3 rings (SSSR count). The molecule has 1 aromatic heterocycles. The molecular weight excluding hydrogens is 334 g/mol. The number of rotatable bonds is 6. The quantitative estimate of drug-likeness (QED) is 0.789. The van der Waals surface area contributed by atoms with Gasteiger partial charge in [-0.15, -0.1) is 11.3 Å². The molecule has 0 unspecified atom stereocenters. The lowest BCUT2D eigenvalue weighted by atomic mass is 10.0. The highest BCUT2D eigenvalue weighted by molar-refractivity contribution is 7.91. The highest BCUT2D eigenvalue weighted by Crippen LogP contribution is 2.27. The standard InChI is InChI=1S/C15H23N3O3S2/c19-15(12-10-16-11-12)17-7-6-13-4-5-14(22-13)23(20,21)18-8-2-1-3-9-18/h4-5,12,16H,1-3,6-11H2,(H,17,19). The third-order valence-electron chi connectivity index (χ3n) is 4.37. The number of amides is 1. The van der Waals surface area contributed by atoms with Crippen molar-refractivity contribution in [2.24, 2.45) is 5.92 Å². The van der Waals surface area contributed by atoms with Crippen molar-refractivity contribution in [3.8, 4) is 0 Å². The Morgan fingerprint density at radius 1 is 1.26 bits per heavy atom. The second-order valence-electron chi connectivity index (χ2n) is 6.08. The summed E-state index contributed by atoms with van der Waals surface area (Å²) in [5.41, 5.74) is 0. The van der Waals surface area contributed by atoms with Crippen molar-refractivity contribution in [2.75, 3.05) is 32.7 Å². The van der Waals surface area contributed by atoms with Gasteiger partial charge < -0.3 is 10.6 Å². The number of carbonyl (C=O) groups is 1. The SMILES string of the molecule is O=C(NCCc1ccc(S(=O)(=O)N2CCCCC2)s1)C1CNC1. The molecule has 1 amide bonds. The Balaban J connectivity index is 1.53. The van der Waals surface area contributed by atoms with Gasteiger partial charge in [0.25, 0.3) is 10.0 Å². The molecule has 0 atom stereocenters. The summed E-state index contributed by atoms with van der Waals surface area (Å²) in [6.45, 7) is 3.31. The van der Waals surface area contributed by atoms with E-state index in [-0.39, 0.29) is 11.8 Å². The van der Waals surface area contributed by atoms with Gasteiger partial charge in [0.15, 0.2) is 0 Å². The summed E-state index contributed by atoms with van der Waals surface area (Å²) in [6.07, 6.45) is 3.67. The van der Waals surface area contributed by atoms with Gasteiger partial charge in [-0.25, -0.2) is 8.42 Å². The molecule has 0 aliphatic carbocycles. The molecule has 128 valence electrons. The van der Waals surface area contributed by atoms with Crippen molar-refractivity contribution in [1.82, 2.24) is 14.9 Å². The molecule has 0 saturated carbocycles. The van der Waals surface area contributed by atoms with Crippen LogP contribution in [0.2, 0.25) is 0 Å². The maximum Gasteiger partial charge on any atom is 0.252 e. The fourth-order valence-electron chi connectivity index (χ4n) is 2.79. The van der Waals surface area contributed by atoms with Crippen LogP contribution in [0.3, 0.4) is 0 Å². The second kappa shape index (κ2) is 7.29. The Morgan fingerprint density at radius 3 is 2.65 bits per heavy atom. The Bertz CT molecular complexity index is 647. The number of piperidine rings is 1.